The Bertz CT molecular complexity index is 391. The Balaban J connectivity index is 3.14. The van der Waals surface area contributed by atoms with Crippen molar-refractivity contribution in [3.8, 4) is 5.75 Å². The van der Waals surface area contributed by atoms with E-state index in [1.54, 1.807) is 0 Å². The zero-order valence-electron chi connectivity index (χ0n) is 12.7. The van der Waals surface area contributed by atoms with E-state index in [4.69, 9.17) is 4.74 Å². The van der Waals surface area contributed by atoms with Gasteiger partial charge in [-0.15, -0.1) is 0 Å². The van der Waals surface area contributed by atoms with Crippen LogP contribution in [-0.2, 0) is 0 Å². The number of aliphatic hydroxyl groups excluding tert-OH is 1. The first-order valence-corrected chi connectivity index (χ1v) is 6.58. The molecule has 0 aliphatic carbocycles. The molecular formula is C16H26O2. The van der Waals surface area contributed by atoms with Crippen LogP contribution < -0.4 is 4.74 Å². The van der Waals surface area contributed by atoms with E-state index in [0.717, 1.165) is 22.4 Å². The molecular weight excluding hydrogens is 224 g/mol. The Morgan fingerprint density at radius 1 is 1.06 bits per heavy atom. The summed E-state index contributed by atoms with van der Waals surface area (Å²) in [5.74, 6) is 0.940. The van der Waals surface area contributed by atoms with Crippen LogP contribution in [0.15, 0.2) is 12.1 Å². The first-order valence-electron chi connectivity index (χ1n) is 6.58. The molecule has 2 heteroatoms. The molecule has 2 nitrogen and oxygen atoms in total. The lowest BCUT2D eigenvalue weighted by molar-refractivity contribution is 0.0625. The first-order chi connectivity index (χ1) is 8.12. The number of rotatable bonds is 3. The molecule has 0 heterocycles. The van der Waals surface area contributed by atoms with Gasteiger partial charge in [0, 0.05) is 0 Å². The molecule has 0 saturated carbocycles. The van der Waals surface area contributed by atoms with Crippen molar-refractivity contribution in [3.05, 3.63) is 28.8 Å². The maximum absolute atomic E-state index is 10.3. The summed E-state index contributed by atoms with van der Waals surface area (Å²) in [6, 6.07) is 4.06. The molecule has 0 saturated heterocycles. The summed E-state index contributed by atoms with van der Waals surface area (Å²) in [5, 5.41) is 10.3. The molecule has 1 aromatic carbocycles. The van der Waals surface area contributed by atoms with Gasteiger partial charge in [0.25, 0.3) is 0 Å². The van der Waals surface area contributed by atoms with E-state index >= 15 is 0 Å². The van der Waals surface area contributed by atoms with Gasteiger partial charge in [-0.3, -0.25) is 0 Å². The lowest BCUT2D eigenvalue weighted by Gasteiger charge is -2.27. The molecule has 0 aliphatic rings. The molecule has 0 radical (unpaired) electrons. The Morgan fingerprint density at radius 2 is 1.50 bits per heavy atom. The fraction of sp³-hybridized carbons (Fsp3) is 0.625. The van der Waals surface area contributed by atoms with Crippen LogP contribution in [0.25, 0.3) is 0 Å². The molecule has 1 N–H and O–H groups in total. The fourth-order valence-corrected chi connectivity index (χ4v) is 2.06. The fourth-order valence-electron chi connectivity index (χ4n) is 2.06. The molecule has 0 aliphatic heterocycles. The molecule has 1 atom stereocenters. The van der Waals surface area contributed by atoms with Crippen LogP contribution in [-0.4, -0.2) is 11.2 Å². The average Bonchev–Trinajstić information content (AvgIpc) is 2.20. The van der Waals surface area contributed by atoms with E-state index in [0.29, 0.717) is 0 Å². The van der Waals surface area contributed by atoms with E-state index in [1.165, 1.54) is 0 Å². The summed E-state index contributed by atoms with van der Waals surface area (Å²) in [6.45, 7) is 14.2. The number of ether oxygens (including phenoxy) is 1. The van der Waals surface area contributed by atoms with Gasteiger partial charge in [0.15, 0.2) is 0 Å². The molecule has 1 aromatic rings. The maximum Gasteiger partial charge on any atom is 0.125 e. The van der Waals surface area contributed by atoms with Gasteiger partial charge < -0.3 is 9.84 Å². The molecule has 0 bridgehead atoms. The van der Waals surface area contributed by atoms with Crippen LogP contribution in [0.2, 0.25) is 0 Å². The lowest BCUT2D eigenvalue weighted by atomic mass is 9.84. The van der Waals surface area contributed by atoms with Gasteiger partial charge in [0.2, 0.25) is 0 Å². The van der Waals surface area contributed by atoms with Crippen molar-refractivity contribution >= 4 is 0 Å². The van der Waals surface area contributed by atoms with Crippen molar-refractivity contribution in [2.45, 2.75) is 60.7 Å². The average molecular weight is 250 g/mol. The Hall–Kier alpha value is -1.02. The SMILES string of the molecule is Cc1cc(C(O)C(C)(C)C)cc(C)c1OC(C)C. The minimum atomic E-state index is -0.456. The van der Waals surface area contributed by atoms with Gasteiger partial charge in [0.1, 0.15) is 5.75 Å². The van der Waals surface area contributed by atoms with E-state index < -0.39 is 6.10 Å². The third-order valence-corrected chi connectivity index (χ3v) is 2.97. The molecule has 1 unspecified atom stereocenters. The molecule has 0 aromatic heterocycles. The third-order valence-electron chi connectivity index (χ3n) is 2.97. The van der Waals surface area contributed by atoms with Crippen molar-refractivity contribution in [2.75, 3.05) is 0 Å². The Kier molecular flexibility index (Phi) is 4.44. The van der Waals surface area contributed by atoms with Crippen LogP contribution in [0.4, 0.5) is 0 Å². The second-order valence-electron chi connectivity index (χ2n) is 6.42. The van der Waals surface area contributed by atoms with Crippen LogP contribution in [0, 0.1) is 19.3 Å². The van der Waals surface area contributed by atoms with Gasteiger partial charge in [-0.25, -0.2) is 0 Å². The van der Waals surface area contributed by atoms with Crippen molar-refractivity contribution < 1.29 is 9.84 Å². The summed E-state index contributed by atoms with van der Waals surface area (Å²) in [7, 11) is 0. The second-order valence-corrected chi connectivity index (χ2v) is 6.42. The van der Waals surface area contributed by atoms with Crippen molar-refractivity contribution in [2.24, 2.45) is 5.41 Å². The highest BCUT2D eigenvalue weighted by Gasteiger charge is 2.24. The number of hydrogen-bond acceptors (Lipinski definition) is 2. The highest BCUT2D eigenvalue weighted by atomic mass is 16.5. The zero-order valence-corrected chi connectivity index (χ0v) is 12.7. The van der Waals surface area contributed by atoms with E-state index in [-0.39, 0.29) is 11.5 Å². The second kappa shape index (κ2) is 5.31. The normalized spacial score (nSPS) is 13.8. The number of benzene rings is 1. The van der Waals surface area contributed by atoms with E-state index in [9.17, 15) is 5.11 Å². The van der Waals surface area contributed by atoms with Crippen LogP contribution in [0.1, 0.15) is 57.4 Å². The maximum atomic E-state index is 10.3. The van der Waals surface area contributed by atoms with E-state index in [2.05, 4.69) is 0 Å². The highest BCUT2D eigenvalue weighted by Crippen LogP contribution is 2.36. The molecule has 0 fully saturated rings. The van der Waals surface area contributed by atoms with Crippen molar-refractivity contribution in [1.82, 2.24) is 0 Å². The predicted molar refractivity (Wildman–Crippen MR) is 76.1 cm³/mol. The molecule has 1 rings (SSSR count). The summed E-state index contributed by atoms with van der Waals surface area (Å²) >= 11 is 0. The van der Waals surface area contributed by atoms with Crippen LogP contribution in [0.3, 0.4) is 0 Å². The van der Waals surface area contributed by atoms with Gasteiger partial charge in [-0.2, -0.15) is 0 Å². The highest BCUT2D eigenvalue weighted by molar-refractivity contribution is 5.44. The Morgan fingerprint density at radius 3 is 1.83 bits per heavy atom. The van der Waals surface area contributed by atoms with Gasteiger partial charge in [-0.1, -0.05) is 20.8 Å². The minimum Gasteiger partial charge on any atom is -0.490 e. The van der Waals surface area contributed by atoms with Gasteiger partial charge >= 0.3 is 0 Å². The largest absolute Gasteiger partial charge is 0.490 e. The predicted octanol–water partition coefficient (Wildman–Crippen LogP) is 4.17. The Labute approximate surface area is 111 Å². The zero-order chi connectivity index (χ0) is 14.1. The first kappa shape index (κ1) is 15.0. The van der Waals surface area contributed by atoms with Crippen molar-refractivity contribution in [1.29, 1.82) is 0 Å². The monoisotopic (exact) mass is 250 g/mol. The third kappa shape index (κ3) is 3.49. The molecule has 0 amide bonds. The van der Waals surface area contributed by atoms with Crippen LogP contribution in [0.5, 0.6) is 5.75 Å². The number of aryl methyl sites for hydroxylation is 2. The van der Waals surface area contributed by atoms with Gasteiger partial charge in [-0.05, 0) is 61.9 Å². The van der Waals surface area contributed by atoms with Crippen LogP contribution >= 0.6 is 0 Å². The summed E-state index contributed by atoms with van der Waals surface area (Å²) < 4.78 is 5.81. The quantitative estimate of drug-likeness (QED) is 0.872. The molecule has 18 heavy (non-hydrogen) atoms. The minimum absolute atomic E-state index is 0.153. The summed E-state index contributed by atoms with van der Waals surface area (Å²) in [6.07, 6.45) is -0.288. The van der Waals surface area contributed by atoms with Gasteiger partial charge in [0.05, 0.1) is 12.2 Å². The molecule has 102 valence electrons. The standard InChI is InChI=1S/C16H26O2/c1-10(2)18-14-11(3)8-13(9-12(14)4)15(17)16(5,6)7/h8-10,15,17H,1-7H3. The van der Waals surface area contributed by atoms with Crippen molar-refractivity contribution in [3.63, 3.8) is 0 Å². The summed E-state index contributed by atoms with van der Waals surface area (Å²) in [5.41, 5.74) is 2.98. The molecule has 0 spiro atoms. The smallest absolute Gasteiger partial charge is 0.125 e. The lowest BCUT2D eigenvalue weighted by Crippen LogP contribution is -2.18. The summed E-state index contributed by atoms with van der Waals surface area (Å²) in [4.78, 5) is 0. The van der Waals surface area contributed by atoms with E-state index in [1.807, 2.05) is 60.6 Å². The topological polar surface area (TPSA) is 29.5 Å². The number of hydrogen-bond donors (Lipinski definition) is 1. The number of aliphatic hydroxyl groups is 1.